The molecular formula is C29H30N4O4. The van der Waals surface area contributed by atoms with E-state index in [4.69, 9.17) is 9.47 Å². The van der Waals surface area contributed by atoms with Crippen molar-refractivity contribution in [2.45, 2.75) is 39.3 Å². The number of aromatic nitrogens is 3. The van der Waals surface area contributed by atoms with Gasteiger partial charge in [0.2, 0.25) is 0 Å². The fraction of sp³-hybridized carbons (Fsp3) is 0.276. The Labute approximate surface area is 215 Å². The molecule has 0 bridgehead atoms. The van der Waals surface area contributed by atoms with Crippen LogP contribution < -0.4 is 9.47 Å². The highest BCUT2D eigenvalue weighted by Gasteiger charge is 2.42. The van der Waals surface area contributed by atoms with Gasteiger partial charge in [0.05, 0.1) is 19.3 Å². The van der Waals surface area contributed by atoms with Crippen LogP contribution in [0.1, 0.15) is 59.9 Å². The number of para-hydroxylation sites is 1. The second-order valence-corrected chi connectivity index (χ2v) is 8.91. The molecule has 0 spiro atoms. The number of phenolic OH excluding ortho intramolecular Hbond substituents is 1. The lowest BCUT2D eigenvalue weighted by molar-refractivity contribution is 0.0729. The van der Waals surface area contributed by atoms with Crippen LogP contribution in [0.15, 0.2) is 67.0 Å². The van der Waals surface area contributed by atoms with Gasteiger partial charge in [-0.3, -0.25) is 14.9 Å². The lowest BCUT2D eigenvalue weighted by Gasteiger charge is -2.27. The van der Waals surface area contributed by atoms with E-state index in [-0.39, 0.29) is 11.7 Å². The van der Waals surface area contributed by atoms with Gasteiger partial charge in [-0.15, -0.1) is 0 Å². The maximum Gasteiger partial charge on any atom is 0.273 e. The van der Waals surface area contributed by atoms with Crippen molar-refractivity contribution in [3.8, 4) is 28.5 Å². The Kier molecular flexibility index (Phi) is 7.07. The Bertz CT molecular complexity index is 1390. The molecule has 3 heterocycles. The number of carbonyl (C=O) groups is 1. The molecule has 0 fully saturated rings. The van der Waals surface area contributed by atoms with E-state index >= 15 is 0 Å². The first-order valence-electron chi connectivity index (χ1n) is 12.6. The molecule has 1 atom stereocenters. The highest BCUT2D eigenvalue weighted by Crippen LogP contribution is 2.46. The molecule has 8 heteroatoms. The molecule has 1 amide bonds. The lowest BCUT2D eigenvalue weighted by Crippen LogP contribution is -2.29. The minimum Gasteiger partial charge on any atom is -0.507 e. The molecule has 190 valence electrons. The Morgan fingerprint density at radius 2 is 1.84 bits per heavy atom. The number of aromatic amines is 1. The highest BCUT2D eigenvalue weighted by atomic mass is 16.5. The largest absolute Gasteiger partial charge is 0.507 e. The van der Waals surface area contributed by atoms with Gasteiger partial charge >= 0.3 is 0 Å². The van der Waals surface area contributed by atoms with Gasteiger partial charge in [-0.2, -0.15) is 5.10 Å². The van der Waals surface area contributed by atoms with Gasteiger partial charge in [-0.05, 0) is 60.9 Å². The first kappa shape index (κ1) is 24.4. The molecule has 0 saturated heterocycles. The number of amides is 1. The maximum atomic E-state index is 13.7. The number of unbranched alkanes of at least 4 members (excludes halogenated alkanes) is 1. The van der Waals surface area contributed by atoms with Crippen LogP contribution in [-0.4, -0.2) is 44.3 Å². The van der Waals surface area contributed by atoms with E-state index in [0.717, 1.165) is 29.5 Å². The van der Waals surface area contributed by atoms with Gasteiger partial charge in [-0.25, -0.2) is 0 Å². The maximum absolute atomic E-state index is 13.7. The summed E-state index contributed by atoms with van der Waals surface area (Å²) in [6.45, 7) is 5.53. The zero-order chi connectivity index (χ0) is 25.8. The molecule has 2 aromatic heterocycles. The molecule has 37 heavy (non-hydrogen) atoms. The average molecular weight is 499 g/mol. The number of ether oxygens (including phenoxy) is 2. The number of nitrogens with zero attached hydrogens (tertiary/aromatic N) is 3. The van der Waals surface area contributed by atoms with Crippen LogP contribution in [0.2, 0.25) is 0 Å². The summed E-state index contributed by atoms with van der Waals surface area (Å²) in [5, 5.41) is 18.0. The number of benzene rings is 2. The molecule has 1 aliphatic rings. The zero-order valence-corrected chi connectivity index (χ0v) is 21.0. The molecule has 0 aliphatic carbocycles. The van der Waals surface area contributed by atoms with Crippen LogP contribution in [-0.2, 0) is 6.54 Å². The molecule has 4 aromatic rings. The monoisotopic (exact) mass is 498 g/mol. The predicted octanol–water partition coefficient (Wildman–Crippen LogP) is 5.50. The van der Waals surface area contributed by atoms with E-state index in [1.165, 1.54) is 0 Å². The first-order valence-corrected chi connectivity index (χ1v) is 12.6. The third-order valence-electron chi connectivity index (χ3n) is 6.46. The summed E-state index contributed by atoms with van der Waals surface area (Å²) in [5.74, 6) is 1.25. The Hall–Kier alpha value is -4.33. The number of hydrogen-bond acceptors (Lipinski definition) is 6. The molecule has 1 unspecified atom stereocenters. The van der Waals surface area contributed by atoms with Crippen LogP contribution in [0.5, 0.6) is 17.2 Å². The van der Waals surface area contributed by atoms with Gasteiger partial charge in [0.1, 0.15) is 17.1 Å². The molecule has 5 rings (SSSR count). The van der Waals surface area contributed by atoms with E-state index in [1.54, 1.807) is 30.6 Å². The zero-order valence-electron chi connectivity index (χ0n) is 21.0. The standard InChI is InChI=1S/C29H30N4O4/c1-3-5-16-37-23-11-10-20(17-24(23)36-4-2)28-25-26(21-8-6-7-9-22(21)34)31-32-27(25)29(35)33(28)18-19-12-14-30-15-13-19/h6-15,17,28,34H,3-5,16,18H2,1-2H3,(H,31,32). The number of fused-ring (bicyclic) bond motifs is 1. The van der Waals surface area contributed by atoms with Crippen molar-refractivity contribution in [2.24, 2.45) is 0 Å². The van der Waals surface area contributed by atoms with Gasteiger partial charge < -0.3 is 19.5 Å². The Morgan fingerprint density at radius 1 is 1.03 bits per heavy atom. The van der Waals surface area contributed by atoms with Gasteiger partial charge in [0, 0.05) is 30.1 Å². The molecule has 1 aliphatic heterocycles. The van der Waals surface area contributed by atoms with Crippen molar-refractivity contribution in [3.63, 3.8) is 0 Å². The average Bonchev–Trinajstić information content (AvgIpc) is 3.45. The summed E-state index contributed by atoms with van der Waals surface area (Å²) in [5.41, 5.74) is 4.07. The summed E-state index contributed by atoms with van der Waals surface area (Å²) in [7, 11) is 0. The third-order valence-corrected chi connectivity index (χ3v) is 6.46. The smallest absolute Gasteiger partial charge is 0.273 e. The summed E-state index contributed by atoms with van der Waals surface area (Å²) < 4.78 is 11.9. The number of nitrogens with one attached hydrogen (secondary N) is 1. The van der Waals surface area contributed by atoms with Gasteiger partial charge in [0.15, 0.2) is 11.5 Å². The van der Waals surface area contributed by atoms with Crippen molar-refractivity contribution < 1.29 is 19.4 Å². The fourth-order valence-electron chi connectivity index (χ4n) is 4.68. The SMILES string of the molecule is CCCCOc1ccc(C2c3c(-c4ccccc4O)n[nH]c3C(=O)N2Cc2ccncc2)cc1OCC. The number of pyridine rings is 1. The third kappa shape index (κ3) is 4.74. The van der Waals surface area contributed by atoms with Crippen molar-refractivity contribution in [1.29, 1.82) is 0 Å². The van der Waals surface area contributed by atoms with E-state index in [2.05, 4.69) is 22.1 Å². The van der Waals surface area contributed by atoms with Crippen LogP contribution in [0.25, 0.3) is 11.3 Å². The summed E-state index contributed by atoms with van der Waals surface area (Å²) in [4.78, 5) is 19.6. The van der Waals surface area contributed by atoms with Crippen LogP contribution in [0.3, 0.4) is 0 Å². The van der Waals surface area contributed by atoms with Crippen LogP contribution in [0, 0.1) is 0 Å². The van der Waals surface area contributed by atoms with E-state index in [9.17, 15) is 9.90 Å². The number of hydrogen-bond donors (Lipinski definition) is 2. The normalized spacial score (nSPS) is 14.6. The second kappa shape index (κ2) is 10.7. The van der Waals surface area contributed by atoms with Crippen LogP contribution >= 0.6 is 0 Å². The van der Waals surface area contributed by atoms with Crippen molar-refractivity contribution in [1.82, 2.24) is 20.1 Å². The molecule has 2 aromatic carbocycles. The number of phenols is 1. The fourth-order valence-corrected chi connectivity index (χ4v) is 4.68. The summed E-state index contributed by atoms with van der Waals surface area (Å²) >= 11 is 0. The first-order chi connectivity index (χ1) is 18.1. The molecule has 2 N–H and O–H groups in total. The van der Waals surface area contributed by atoms with E-state index in [0.29, 0.717) is 48.2 Å². The van der Waals surface area contributed by atoms with E-state index < -0.39 is 6.04 Å². The number of aromatic hydroxyl groups is 1. The number of rotatable bonds is 10. The minimum absolute atomic E-state index is 0.102. The predicted molar refractivity (Wildman–Crippen MR) is 140 cm³/mol. The van der Waals surface area contributed by atoms with E-state index in [1.807, 2.05) is 48.2 Å². The van der Waals surface area contributed by atoms with Gasteiger partial charge in [0.25, 0.3) is 5.91 Å². The van der Waals surface area contributed by atoms with Crippen LogP contribution in [0.4, 0.5) is 0 Å². The Morgan fingerprint density at radius 3 is 2.59 bits per heavy atom. The number of carbonyl (C=O) groups excluding carboxylic acids is 1. The highest BCUT2D eigenvalue weighted by molar-refractivity contribution is 6.00. The minimum atomic E-state index is -0.451. The number of H-pyrrole nitrogens is 1. The topological polar surface area (TPSA) is 101 Å². The molecule has 0 radical (unpaired) electrons. The molecule has 0 saturated carbocycles. The molecule has 8 nitrogen and oxygen atoms in total. The Balaban J connectivity index is 1.62. The summed E-state index contributed by atoms with van der Waals surface area (Å²) in [6, 6.07) is 16.2. The van der Waals surface area contributed by atoms with Crippen molar-refractivity contribution >= 4 is 5.91 Å². The molecular weight excluding hydrogens is 468 g/mol. The lowest BCUT2D eigenvalue weighted by atomic mass is 9.95. The quantitative estimate of drug-likeness (QED) is 0.280. The van der Waals surface area contributed by atoms with Gasteiger partial charge in [-0.1, -0.05) is 31.5 Å². The second-order valence-electron chi connectivity index (χ2n) is 8.91. The van der Waals surface area contributed by atoms with Crippen molar-refractivity contribution in [2.75, 3.05) is 13.2 Å². The van der Waals surface area contributed by atoms with Crippen molar-refractivity contribution in [3.05, 3.63) is 89.4 Å². The summed E-state index contributed by atoms with van der Waals surface area (Å²) in [6.07, 6.45) is 5.42.